The monoisotopic (exact) mass is 362 g/mol. The van der Waals surface area contributed by atoms with E-state index in [2.05, 4.69) is 10.2 Å². The van der Waals surface area contributed by atoms with Crippen molar-refractivity contribution in [1.29, 1.82) is 0 Å². The highest BCUT2D eigenvalue weighted by atomic mass is 16.6. The van der Waals surface area contributed by atoms with Crippen LogP contribution in [0.1, 0.15) is 41.0 Å². The van der Waals surface area contributed by atoms with Gasteiger partial charge in [0, 0.05) is 29.8 Å². The van der Waals surface area contributed by atoms with Crippen molar-refractivity contribution in [2.24, 2.45) is 0 Å². The molecule has 1 atom stereocenters. The summed E-state index contributed by atoms with van der Waals surface area (Å²) in [5.74, 6) is -0.127. The molecule has 0 spiro atoms. The Morgan fingerprint density at radius 2 is 1.96 bits per heavy atom. The van der Waals surface area contributed by atoms with Gasteiger partial charge < -0.3 is 4.90 Å². The number of carbonyl (C=O) groups excluding carboxylic acids is 1. The number of H-pyrrole nitrogens is 1. The number of aromatic nitrogens is 2. The molecule has 0 saturated heterocycles. The van der Waals surface area contributed by atoms with Gasteiger partial charge in [0.2, 0.25) is 0 Å². The van der Waals surface area contributed by atoms with Crippen molar-refractivity contribution in [3.63, 3.8) is 0 Å². The molecule has 7 nitrogen and oxygen atoms in total. The van der Waals surface area contributed by atoms with Crippen molar-refractivity contribution < 1.29 is 9.72 Å². The van der Waals surface area contributed by atoms with E-state index in [9.17, 15) is 14.9 Å². The van der Waals surface area contributed by atoms with Crippen LogP contribution in [0.15, 0.2) is 54.6 Å². The molecule has 0 radical (unpaired) electrons. The lowest BCUT2D eigenvalue weighted by Crippen LogP contribution is -2.30. The molecule has 1 amide bonds. The van der Waals surface area contributed by atoms with Gasteiger partial charge >= 0.3 is 0 Å². The third-order valence-corrected chi connectivity index (χ3v) is 4.77. The predicted molar refractivity (Wildman–Crippen MR) is 100 cm³/mol. The molecule has 1 N–H and O–H groups in total. The minimum Gasteiger partial charge on any atom is -0.326 e. The van der Waals surface area contributed by atoms with Gasteiger partial charge in [-0.25, -0.2) is 0 Å². The maximum absolute atomic E-state index is 13.0. The van der Waals surface area contributed by atoms with E-state index in [-0.39, 0.29) is 11.6 Å². The molecule has 1 aliphatic heterocycles. The number of benzene rings is 2. The smallest absolute Gasteiger partial charge is 0.273 e. The highest BCUT2D eigenvalue weighted by Crippen LogP contribution is 2.43. The zero-order valence-electron chi connectivity index (χ0n) is 14.8. The molecule has 1 aliphatic rings. The molecular weight excluding hydrogens is 344 g/mol. The van der Waals surface area contributed by atoms with Crippen LogP contribution in [0.5, 0.6) is 0 Å². The fourth-order valence-corrected chi connectivity index (χ4v) is 3.64. The van der Waals surface area contributed by atoms with Crippen molar-refractivity contribution in [3.8, 4) is 11.3 Å². The van der Waals surface area contributed by atoms with E-state index >= 15 is 0 Å². The van der Waals surface area contributed by atoms with Gasteiger partial charge in [0.25, 0.3) is 11.6 Å². The van der Waals surface area contributed by atoms with Crippen molar-refractivity contribution in [2.75, 3.05) is 6.54 Å². The first-order valence-electron chi connectivity index (χ1n) is 8.80. The molecule has 0 bridgehead atoms. The van der Waals surface area contributed by atoms with Gasteiger partial charge in [-0.1, -0.05) is 49.4 Å². The van der Waals surface area contributed by atoms with Crippen LogP contribution in [0.2, 0.25) is 0 Å². The summed E-state index contributed by atoms with van der Waals surface area (Å²) in [6.45, 7) is 2.56. The maximum Gasteiger partial charge on any atom is 0.273 e. The maximum atomic E-state index is 13.0. The van der Waals surface area contributed by atoms with Crippen LogP contribution in [0.4, 0.5) is 5.69 Å². The predicted octanol–water partition coefficient (Wildman–Crippen LogP) is 3.94. The number of hydrogen-bond acceptors (Lipinski definition) is 4. The molecule has 4 rings (SSSR count). The largest absolute Gasteiger partial charge is 0.326 e. The van der Waals surface area contributed by atoms with Gasteiger partial charge in [0.1, 0.15) is 5.69 Å². The lowest BCUT2D eigenvalue weighted by atomic mass is 9.95. The van der Waals surface area contributed by atoms with Gasteiger partial charge in [-0.05, 0) is 12.0 Å². The minimum absolute atomic E-state index is 0.00889. The average molecular weight is 362 g/mol. The molecule has 2 aromatic carbocycles. The molecule has 136 valence electrons. The Hall–Kier alpha value is -3.48. The Labute approximate surface area is 155 Å². The van der Waals surface area contributed by atoms with Crippen LogP contribution in [0, 0.1) is 10.1 Å². The second-order valence-electron chi connectivity index (χ2n) is 6.48. The lowest BCUT2D eigenvalue weighted by Gasteiger charge is -2.25. The van der Waals surface area contributed by atoms with Crippen molar-refractivity contribution >= 4 is 11.6 Å². The fraction of sp³-hybridized carbons (Fsp3) is 0.200. The summed E-state index contributed by atoms with van der Waals surface area (Å²) in [6.07, 6.45) is 0.787. The number of non-ortho nitro benzene ring substituents is 1. The molecule has 7 heteroatoms. The molecule has 27 heavy (non-hydrogen) atoms. The van der Waals surface area contributed by atoms with Gasteiger partial charge in [0.05, 0.1) is 16.7 Å². The molecule has 0 fully saturated rings. The first-order chi connectivity index (χ1) is 13.1. The zero-order valence-corrected chi connectivity index (χ0v) is 14.8. The third-order valence-electron chi connectivity index (χ3n) is 4.77. The summed E-state index contributed by atoms with van der Waals surface area (Å²) in [4.78, 5) is 25.5. The summed E-state index contributed by atoms with van der Waals surface area (Å²) in [7, 11) is 0. The second-order valence-corrected chi connectivity index (χ2v) is 6.48. The second kappa shape index (κ2) is 6.68. The van der Waals surface area contributed by atoms with Crippen LogP contribution in [0.3, 0.4) is 0 Å². The lowest BCUT2D eigenvalue weighted by molar-refractivity contribution is -0.384. The van der Waals surface area contributed by atoms with Crippen LogP contribution >= 0.6 is 0 Å². The van der Waals surface area contributed by atoms with Crippen LogP contribution in [-0.4, -0.2) is 32.5 Å². The summed E-state index contributed by atoms with van der Waals surface area (Å²) in [5, 5.41) is 18.5. The van der Waals surface area contributed by atoms with Crippen LogP contribution < -0.4 is 0 Å². The molecule has 3 aromatic rings. The molecular formula is C20H18N4O3. The van der Waals surface area contributed by atoms with Crippen LogP contribution in [0.25, 0.3) is 11.3 Å². The summed E-state index contributed by atoms with van der Waals surface area (Å²) >= 11 is 0. The Morgan fingerprint density at radius 1 is 1.19 bits per heavy atom. The number of aromatic amines is 1. The number of nitrogens with zero attached hydrogens (tertiary/aromatic N) is 3. The third kappa shape index (κ3) is 2.77. The summed E-state index contributed by atoms with van der Waals surface area (Å²) in [5.41, 5.74) is 3.56. The topological polar surface area (TPSA) is 92.1 Å². The SMILES string of the molecule is CCCN1C(=O)c2[nH]nc(-c3ccccc3)c2C1c1cccc([N+](=O)[O-])c1. The number of nitro groups is 1. The van der Waals surface area contributed by atoms with Gasteiger partial charge in [-0.2, -0.15) is 5.10 Å². The van der Waals surface area contributed by atoms with Crippen molar-refractivity contribution in [1.82, 2.24) is 15.1 Å². The minimum atomic E-state index is -0.418. The fourth-order valence-electron chi connectivity index (χ4n) is 3.64. The van der Waals surface area contributed by atoms with Crippen molar-refractivity contribution in [2.45, 2.75) is 19.4 Å². The number of hydrogen-bond donors (Lipinski definition) is 1. The number of rotatable bonds is 5. The Kier molecular flexibility index (Phi) is 4.19. The van der Waals surface area contributed by atoms with Gasteiger partial charge in [-0.15, -0.1) is 0 Å². The molecule has 1 unspecified atom stereocenters. The standard InChI is InChI=1S/C20H18N4O3/c1-2-11-23-19(14-9-6-10-15(12-14)24(26)27)16-17(13-7-4-3-5-8-13)21-22-18(16)20(23)25/h3-10,12,19H,2,11H2,1H3,(H,21,22). The molecule has 2 heterocycles. The Bertz CT molecular complexity index is 1010. The van der Waals surface area contributed by atoms with E-state index in [1.54, 1.807) is 11.0 Å². The van der Waals surface area contributed by atoms with E-state index in [0.29, 0.717) is 23.5 Å². The zero-order chi connectivity index (χ0) is 19.0. The first-order valence-corrected chi connectivity index (χ1v) is 8.80. The average Bonchev–Trinajstić information content (AvgIpc) is 3.23. The quantitative estimate of drug-likeness (QED) is 0.550. The number of nitrogens with one attached hydrogen (secondary N) is 1. The number of nitro benzene ring substituents is 1. The molecule has 1 aromatic heterocycles. The number of amides is 1. The first kappa shape index (κ1) is 17.0. The van der Waals surface area contributed by atoms with E-state index in [4.69, 9.17) is 0 Å². The number of carbonyl (C=O) groups is 1. The van der Waals surface area contributed by atoms with E-state index in [1.807, 2.05) is 43.3 Å². The Balaban J connectivity index is 1.90. The van der Waals surface area contributed by atoms with E-state index in [1.165, 1.54) is 12.1 Å². The molecule has 0 aliphatic carbocycles. The Morgan fingerprint density at radius 3 is 2.67 bits per heavy atom. The molecule has 0 saturated carbocycles. The summed E-state index contributed by atoms with van der Waals surface area (Å²) < 4.78 is 0. The number of fused-ring (bicyclic) bond motifs is 1. The van der Waals surface area contributed by atoms with E-state index in [0.717, 1.165) is 17.5 Å². The highest BCUT2D eigenvalue weighted by molar-refractivity contribution is 6.00. The highest BCUT2D eigenvalue weighted by Gasteiger charge is 2.42. The van der Waals surface area contributed by atoms with Gasteiger partial charge in [0.15, 0.2) is 0 Å². The van der Waals surface area contributed by atoms with Gasteiger partial charge in [-0.3, -0.25) is 20.0 Å². The van der Waals surface area contributed by atoms with Crippen molar-refractivity contribution in [3.05, 3.63) is 81.5 Å². The summed E-state index contributed by atoms with van der Waals surface area (Å²) in [6, 6.07) is 15.7. The van der Waals surface area contributed by atoms with Crippen LogP contribution in [-0.2, 0) is 0 Å². The normalized spacial score (nSPS) is 15.8. The van der Waals surface area contributed by atoms with E-state index < -0.39 is 11.0 Å².